The molecule has 4 atom stereocenters. The molecule has 116 valence electrons. The largest absolute Gasteiger partial charge is 0.497 e. The molecule has 1 aliphatic carbocycles. The number of hydrogen-bond donors (Lipinski definition) is 4. The second-order valence-corrected chi connectivity index (χ2v) is 6.39. The molecule has 4 N–H and O–H groups in total. The van der Waals surface area contributed by atoms with E-state index in [0.29, 0.717) is 5.75 Å². The van der Waals surface area contributed by atoms with Crippen LogP contribution in [0.3, 0.4) is 0 Å². The quantitative estimate of drug-likeness (QED) is 0.529. The fourth-order valence-electron chi connectivity index (χ4n) is 1.99. The van der Waals surface area contributed by atoms with Gasteiger partial charge in [0.15, 0.2) is 0 Å². The first-order valence-electron chi connectivity index (χ1n) is 6.24. The highest BCUT2D eigenvalue weighted by Crippen LogP contribution is 2.19. The maximum absolute atomic E-state index is 12.2. The lowest BCUT2D eigenvalue weighted by molar-refractivity contribution is -0.0538. The molecule has 0 aliphatic heterocycles. The van der Waals surface area contributed by atoms with Crippen molar-refractivity contribution in [2.45, 2.75) is 29.2 Å². The van der Waals surface area contributed by atoms with E-state index < -0.39 is 34.4 Å². The van der Waals surface area contributed by atoms with Crippen LogP contribution in [0.4, 0.5) is 0 Å². The molecule has 1 aromatic rings. The monoisotopic (exact) mass is 315 g/mol. The van der Waals surface area contributed by atoms with Crippen LogP contribution in [0.15, 0.2) is 41.3 Å². The minimum absolute atomic E-state index is 0.00418. The van der Waals surface area contributed by atoms with Gasteiger partial charge in [0.05, 0.1) is 18.0 Å². The lowest BCUT2D eigenvalue weighted by Crippen LogP contribution is -2.53. The topological polar surface area (TPSA) is 116 Å². The van der Waals surface area contributed by atoms with Gasteiger partial charge in [0.25, 0.3) is 0 Å². The van der Waals surface area contributed by atoms with E-state index in [4.69, 9.17) is 4.74 Å². The fraction of sp³-hybridized carbons (Fsp3) is 0.385. The maximum atomic E-state index is 12.2. The zero-order valence-corrected chi connectivity index (χ0v) is 12.1. The molecule has 1 aromatic carbocycles. The number of ether oxygens (including phenoxy) is 1. The van der Waals surface area contributed by atoms with Crippen LogP contribution in [0.1, 0.15) is 0 Å². The third-order valence-electron chi connectivity index (χ3n) is 3.24. The summed E-state index contributed by atoms with van der Waals surface area (Å²) in [5, 5.41) is 28.7. The molecule has 0 heterocycles. The Morgan fingerprint density at radius 1 is 1.05 bits per heavy atom. The minimum Gasteiger partial charge on any atom is -0.497 e. The van der Waals surface area contributed by atoms with Gasteiger partial charge >= 0.3 is 0 Å². The predicted octanol–water partition coefficient (Wildman–Crippen LogP) is -1.01. The molecule has 2 rings (SSSR count). The Morgan fingerprint density at radius 3 is 2.24 bits per heavy atom. The molecule has 1 aliphatic rings. The predicted molar refractivity (Wildman–Crippen MR) is 74.3 cm³/mol. The number of sulfonamides is 1. The first-order chi connectivity index (χ1) is 9.85. The molecular formula is C13H17NO6S. The van der Waals surface area contributed by atoms with Gasteiger partial charge in [-0.3, -0.25) is 0 Å². The zero-order valence-electron chi connectivity index (χ0n) is 11.2. The van der Waals surface area contributed by atoms with E-state index in [1.807, 2.05) is 0 Å². The number of methoxy groups -OCH3 is 1. The summed E-state index contributed by atoms with van der Waals surface area (Å²) in [4.78, 5) is 0.00418. The number of aliphatic hydroxyl groups excluding tert-OH is 3. The number of nitrogens with one attached hydrogen (secondary N) is 1. The van der Waals surface area contributed by atoms with Gasteiger partial charge in [-0.05, 0) is 24.3 Å². The van der Waals surface area contributed by atoms with E-state index in [1.54, 1.807) is 0 Å². The summed E-state index contributed by atoms with van der Waals surface area (Å²) in [5.74, 6) is 0.519. The van der Waals surface area contributed by atoms with Crippen molar-refractivity contribution in [2.24, 2.45) is 0 Å². The van der Waals surface area contributed by atoms with Gasteiger partial charge in [-0.1, -0.05) is 12.2 Å². The smallest absolute Gasteiger partial charge is 0.241 e. The Balaban J connectivity index is 2.19. The van der Waals surface area contributed by atoms with Crippen LogP contribution in [-0.2, 0) is 10.0 Å². The molecule has 0 unspecified atom stereocenters. The standard InChI is InChI=1S/C13H17NO6S/c1-20-8-2-4-9(5-3-8)21(18,19)14-10-6-7-11(15)13(17)12(10)16/h2-7,10-17H,1H3/t10-,11-,12+,13+/m0/s1. The van der Waals surface area contributed by atoms with Gasteiger partial charge in [-0.25, -0.2) is 13.1 Å². The van der Waals surface area contributed by atoms with Gasteiger partial charge < -0.3 is 20.1 Å². The highest BCUT2D eigenvalue weighted by atomic mass is 32.2. The molecule has 0 aromatic heterocycles. The van der Waals surface area contributed by atoms with E-state index in [2.05, 4.69) is 4.72 Å². The highest BCUT2D eigenvalue weighted by Gasteiger charge is 2.35. The molecule has 0 amide bonds. The van der Waals surface area contributed by atoms with E-state index in [-0.39, 0.29) is 4.90 Å². The first kappa shape index (κ1) is 15.9. The van der Waals surface area contributed by atoms with Crippen molar-refractivity contribution in [3.8, 4) is 5.75 Å². The summed E-state index contributed by atoms with van der Waals surface area (Å²) >= 11 is 0. The van der Waals surface area contributed by atoms with Crippen LogP contribution in [0.5, 0.6) is 5.75 Å². The summed E-state index contributed by atoms with van der Waals surface area (Å²) in [6.07, 6.45) is -1.56. The van der Waals surface area contributed by atoms with E-state index in [9.17, 15) is 23.7 Å². The van der Waals surface area contributed by atoms with Crippen LogP contribution in [0.2, 0.25) is 0 Å². The highest BCUT2D eigenvalue weighted by molar-refractivity contribution is 7.89. The lowest BCUT2D eigenvalue weighted by atomic mass is 9.95. The van der Waals surface area contributed by atoms with Crippen LogP contribution < -0.4 is 9.46 Å². The van der Waals surface area contributed by atoms with Crippen molar-refractivity contribution in [3.63, 3.8) is 0 Å². The molecule has 8 heteroatoms. The average molecular weight is 315 g/mol. The normalized spacial score (nSPS) is 29.3. The molecule has 21 heavy (non-hydrogen) atoms. The van der Waals surface area contributed by atoms with Gasteiger partial charge in [0.2, 0.25) is 10.0 Å². The third kappa shape index (κ3) is 3.42. The molecule has 7 nitrogen and oxygen atoms in total. The van der Waals surface area contributed by atoms with Crippen molar-refractivity contribution in [1.82, 2.24) is 4.72 Å². The second kappa shape index (κ2) is 6.12. The van der Waals surface area contributed by atoms with Crippen LogP contribution in [0.25, 0.3) is 0 Å². The Morgan fingerprint density at radius 2 is 1.67 bits per heavy atom. The number of benzene rings is 1. The Labute approximate surface area is 122 Å². The van der Waals surface area contributed by atoms with Gasteiger partial charge in [-0.2, -0.15) is 0 Å². The minimum atomic E-state index is -3.87. The summed E-state index contributed by atoms with van der Waals surface area (Å²) in [5.41, 5.74) is 0. The average Bonchev–Trinajstić information content (AvgIpc) is 2.48. The van der Waals surface area contributed by atoms with E-state index in [0.717, 1.165) is 0 Å². The van der Waals surface area contributed by atoms with Gasteiger partial charge in [-0.15, -0.1) is 0 Å². The van der Waals surface area contributed by atoms with Crippen molar-refractivity contribution < 1.29 is 28.5 Å². The fourth-order valence-corrected chi connectivity index (χ4v) is 3.19. The van der Waals surface area contributed by atoms with Crippen molar-refractivity contribution >= 4 is 10.0 Å². The Bertz CT molecular complexity index is 612. The second-order valence-electron chi connectivity index (χ2n) is 4.68. The summed E-state index contributed by atoms with van der Waals surface area (Å²) in [7, 11) is -2.40. The molecule has 0 spiro atoms. The van der Waals surface area contributed by atoms with Crippen LogP contribution >= 0.6 is 0 Å². The maximum Gasteiger partial charge on any atom is 0.241 e. The third-order valence-corrected chi connectivity index (χ3v) is 4.72. The number of aliphatic hydroxyl groups is 3. The van der Waals surface area contributed by atoms with Crippen molar-refractivity contribution in [3.05, 3.63) is 36.4 Å². The number of rotatable bonds is 4. The number of hydrogen-bond acceptors (Lipinski definition) is 6. The van der Waals surface area contributed by atoms with Gasteiger partial charge in [0, 0.05) is 0 Å². The van der Waals surface area contributed by atoms with Crippen LogP contribution in [-0.4, -0.2) is 55.2 Å². The van der Waals surface area contributed by atoms with Gasteiger partial charge in [0.1, 0.15) is 24.1 Å². The lowest BCUT2D eigenvalue weighted by Gasteiger charge is -2.31. The summed E-state index contributed by atoms with van der Waals surface area (Å²) in [6, 6.07) is 4.72. The van der Waals surface area contributed by atoms with Crippen molar-refractivity contribution in [2.75, 3.05) is 7.11 Å². The Hall–Kier alpha value is -1.45. The zero-order chi connectivity index (χ0) is 15.6. The summed E-state index contributed by atoms with van der Waals surface area (Å²) in [6.45, 7) is 0. The van der Waals surface area contributed by atoms with E-state index >= 15 is 0 Å². The molecule has 0 fully saturated rings. The SMILES string of the molecule is COc1ccc(S(=O)(=O)N[C@H]2C=C[C@H](O)[C@@H](O)[C@@H]2O)cc1. The molecule has 0 saturated carbocycles. The van der Waals surface area contributed by atoms with Crippen molar-refractivity contribution in [1.29, 1.82) is 0 Å². The molecule has 0 bridgehead atoms. The molecule has 0 saturated heterocycles. The van der Waals surface area contributed by atoms with Crippen LogP contribution in [0, 0.1) is 0 Å². The Kier molecular flexibility index (Phi) is 4.64. The molecule has 0 radical (unpaired) electrons. The summed E-state index contributed by atoms with van der Waals surface area (Å²) < 4.78 is 31.6. The molecular weight excluding hydrogens is 298 g/mol. The first-order valence-corrected chi connectivity index (χ1v) is 7.72. The van der Waals surface area contributed by atoms with E-state index in [1.165, 1.54) is 43.5 Å².